The summed E-state index contributed by atoms with van der Waals surface area (Å²) in [5.41, 5.74) is 2.11. The summed E-state index contributed by atoms with van der Waals surface area (Å²) in [6.45, 7) is 6.61. The first-order valence-corrected chi connectivity index (χ1v) is 10.5. The van der Waals surface area contributed by atoms with Gasteiger partial charge in [0, 0.05) is 31.2 Å². The third-order valence-electron chi connectivity index (χ3n) is 6.57. The summed E-state index contributed by atoms with van der Waals surface area (Å²) in [6, 6.07) is 8.23. The second kappa shape index (κ2) is 7.53. The molecule has 27 heavy (non-hydrogen) atoms. The first-order valence-electron chi connectivity index (χ1n) is 10.5. The fourth-order valence-corrected chi connectivity index (χ4v) is 4.57. The number of anilines is 1. The van der Waals surface area contributed by atoms with Crippen molar-refractivity contribution < 1.29 is 9.59 Å². The average molecular weight is 370 g/mol. The lowest BCUT2D eigenvalue weighted by Crippen LogP contribution is -2.49. The Balaban J connectivity index is 1.41. The van der Waals surface area contributed by atoms with E-state index in [9.17, 15) is 9.59 Å². The topological polar surface area (TPSA) is 52.7 Å². The Morgan fingerprint density at radius 3 is 2.37 bits per heavy atom. The van der Waals surface area contributed by atoms with Gasteiger partial charge in [0.25, 0.3) is 0 Å². The molecule has 4 aliphatic rings. The van der Waals surface area contributed by atoms with Crippen molar-refractivity contribution in [3.63, 3.8) is 0 Å². The molecule has 0 spiro atoms. The number of piperidine rings is 1. The van der Waals surface area contributed by atoms with Gasteiger partial charge in [-0.25, -0.2) is 4.79 Å². The van der Waals surface area contributed by atoms with Crippen LogP contribution in [0.4, 0.5) is 10.5 Å². The molecule has 5 rings (SSSR count). The molecule has 4 fully saturated rings. The minimum Gasteiger partial charge on any atom is -0.340 e. The number of amides is 3. The van der Waals surface area contributed by atoms with Gasteiger partial charge in [0.1, 0.15) is 0 Å². The number of nitrogens with one attached hydrogen (secondary N) is 1. The maximum atomic E-state index is 12.9. The fourth-order valence-electron chi connectivity index (χ4n) is 4.57. The Morgan fingerprint density at radius 2 is 1.74 bits per heavy atom. The van der Waals surface area contributed by atoms with Crippen LogP contribution in [0.3, 0.4) is 0 Å². The van der Waals surface area contributed by atoms with E-state index in [-0.39, 0.29) is 18.0 Å². The predicted octanol–water partition coefficient (Wildman–Crippen LogP) is 4.06. The van der Waals surface area contributed by atoms with Crippen LogP contribution >= 0.6 is 0 Å². The maximum Gasteiger partial charge on any atom is 0.322 e. The molecule has 3 aliphatic heterocycles. The highest BCUT2D eigenvalue weighted by Crippen LogP contribution is 2.33. The Bertz CT molecular complexity index is 696. The minimum atomic E-state index is -0.0278. The Kier molecular flexibility index (Phi) is 5.11. The molecule has 0 unspecified atom stereocenters. The van der Waals surface area contributed by atoms with E-state index in [1.165, 1.54) is 12.0 Å². The van der Waals surface area contributed by atoms with Gasteiger partial charge >= 0.3 is 6.03 Å². The van der Waals surface area contributed by atoms with Crippen molar-refractivity contribution in [1.29, 1.82) is 0 Å². The molecule has 3 saturated heterocycles. The average Bonchev–Trinajstić information content (AvgIpc) is 2.92. The lowest BCUT2D eigenvalue weighted by Gasteiger charge is -2.36. The zero-order chi connectivity index (χ0) is 19.0. The highest BCUT2D eigenvalue weighted by atomic mass is 16.2. The number of carbonyl (C=O) groups excluding carboxylic acids is 2. The van der Waals surface area contributed by atoms with Gasteiger partial charge in [-0.05, 0) is 55.2 Å². The largest absolute Gasteiger partial charge is 0.340 e. The van der Waals surface area contributed by atoms with Crippen LogP contribution in [0.2, 0.25) is 0 Å². The predicted molar refractivity (Wildman–Crippen MR) is 107 cm³/mol. The maximum absolute atomic E-state index is 12.9. The number of hydrogen-bond acceptors (Lipinski definition) is 2. The number of urea groups is 1. The van der Waals surface area contributed by atoms with Crippen molar-refractivity contribution in [3.8, 4) is 0 Å². The first-order chi connectivity index (χ1) is 13.0. The van der Waals surface area contributed by atoms with Gasteiger partial charge in [-0.2, -0.15) is 0 Å². The highest BCUT2D eigenvalue weighted by molar-refractivity contribution is 5.90. The standard InChI is InChI=1S/C22H31N3O2/c1-15(2)17-7-9-19(10-8-17)23-22(27)25-13-16-6-11-20(25)14-24(12-16)21(26)18-4-3-5-18/h7-10,15-16,18,20H,3-6,11-14H2,1-2H3,(H,23,27)/t16-,20+/m0/s1. The van der Waals surface area contributed by atoms with Gasteiger partial charge in [-0.3, -0.25) is 4.79 Å². The summed E-state index contributed by atoms with van der Waals surface area (Å²) >= 11 is 0. The zero-order valence-corrected chi connectivity index (χ0v) is 16.5. The first kappa shape index (κ1) is 18.3. The quantitative estimate of drug-likeness (QED) is 0.873. The molecule has 0 radical (unpaired) electrons. The molecule has 2 bridgehead atoms. The normalized spacial score (nSPS) is 25.3. The molecule has 3 heterocycles. The number of rotatable bonds is 3. The van der Waals surface area contributed by atoms with E-state index >= 15 is 0 Å². The van der Waals surface area contributed by atoms with E-state index < -0.39 is 0 Å². The SMILES string of the molecule is CC(C)c1ccc(NC(=O)N2C[C@H]3CC[C@@H]2CN(C(=O)C2CCC2)C3)cc1. The van der Waals surface area contributed by atoms with Gasteiger partial charge in [0.2, 0.25) is 5.91 Å². The van der Waals surface area contributed by atoms with Crippen molar-refractivity contribution >= 4 is 17.6 Å². The second-order valence-electron chi connectivity index (χ2n) is 8.83. The summed E-state index contributed by atoms with van der Waals surface area (Å²) in [5.74, 6) is 1.45. The molecule has 1 aromatic carbocycles. The molecule has 1 N–H and O–H groups in total. The summed E-state index contributed by atoms with van der Waals surface area (Å²) < 4.78 is 0. The Morgan fingerprint density at radius 1 is 1.00 bits per heavy atom. The van der Waals surface area contributed by atoms with Crippen molar-refractivity contribution in [1.82, 2.24) is 9.80 Å². The monoisotopic (exact) mass is 369 g/mol. The summed E-state index contributed by atoms with van der Waals surface area (Å²) in [4.78, 5) is 29.7. The van der Waals surface area contributed by atoms with Crippen LogP contribution in [0.5, 0.6) is 0 Å². The van der Waals surface area contributed by atoms with Crippen LogP contribution in [0, 0.1) is 11.8 Å². The van der Waals surface area contributed by atoms with Gasteiger partial charge in [0.05, 0.1) is 6.04 Å². The van der Waals surface area contributed by atoms with Crippen LogP contribution < -0.4 is 5.32 Å². The van der Waals surface area contributed by atoms with Crippen molar-refractivity contribution in [2.75, 3.05) is 25.0 Å². The molecule has 1 aliphatic carbocycles. The third kappa shape index (κ3) is 3.83. The molecule has 146 valence electrons. The van der Waals surface area contributed by atoms with Gasteiger partial charge in [0.15, 0.2) is 0 Å². The number of nitrogens with zero attached hydrogens (tertiary/aromatic N) is 2. The van der Waals surface area contributed by atoms with Crippen molar-refractivity contribution in [3.05, 3.63) is 29.8 Å². The molecule has 1 aromatic rings. The smallest absolute Gasteiger partial charge is 0.322 e. The van der Waals surface area contributed by atoms with E-state index in [0.29, 0.717) is 24.3 Å². The molecule has 5 nitrogen and oxygen atoms in total. The lowest BCUT2D eigenvalue weighted by molar-refractivity contribution is -0.138. The van der Waals surface area contributed by atoms with E-state index in [0.717, 1.165) is 44.5 Å². The van der Waals surface area contributed by atoms with Crippen molar-refractivity contribution in [2.45, 2.75) is 57.9 Å². The summed E-state index contributed by atoms with van der Waals surface area (Å²) in [7, 11) is 0. The zero-order valence-electron chi connectivity index (χ0n) is 16.5. The van der Waals surface area contributed by atoms with Crippen molar-refractivity contribution in [2.24, 2.45) is 11.8 Å². The van der Waals surface area contributed by atoms with Crippen LogP contribution in [-0.2, 0) is 4.79 Å². The second-order valence-corrected chi connectivity index (χ2v) is 8.83. The number of fused-ring (bicyclic) bond motifs is 4. The molecule has 1 saturated carbocycles. The van der Waals surface area contributed by atoms with Gasteiger partial charge in [-0.15, -0.1) is 0 Å². The molecule has 0 aromatic heterocycles. The van der Waals surface area contributed by atoms with Crippen LogP contribution in [0.15, 0.2) is 24.3 Å². The Hall–Kier alpha value is -2.04. The van der Waals surface area contributed by atoms with E-state index in [1.54, 1.807) is 0 Å². The molecule has 3 amide bonds. The molecular formula is C22H31N3O2. The van der Waals surface area contributed by atoms with Gasteiger partial charge < -0.3 is 15.1 Å². The van der Waals surface area contributed by atoms with Crippen LogP contribution in [0.25, 0.3) is 0 Å². The van der Waals surface area contributed by atoms with E-state index in [4.69, 9.17) is 0 Å². The minimum absolute atomic E-state index is 0.0278. The molecule has 5 heteroatoms. The lowest BCUT2D eigenvalue weighted by atomic mass is 9.84. The van der Waals surface area contributed by atoms with E-state index in [1.807, 2.05) is 17.0 Å². The number of benzene rings is 1. The van der Waals surface area contributed by atoms with Crippen LogP contribution in [0.1, 0.15) is 57.4 Å². The Labute approximate surface area is 162 Å². The highest BCUT2D eigenvalue weighted by Gasteiger charge is 2.40. The van der Waals surface area contributed by atoms with Crippen LogP contribution in [-0.4, -0.2) is 47.4 Å². The van der Waals surface area contributed by atoms with Gasteiger partial charge in [-0.1, -0.05) is 32.4 Å². The summed E-state index contributed by atoms with van der Waals surface area (Å²) in [5, 5.41) is 3.06. The van der Waals surface area contributed by atoms with E-state index in [2.05, 4.69) is 36.2 Å². The number of hydrogen-bond donors (Lipinski definition) is 1. The fraction of sp³-hybridized carbons (Fsp3) is 0.636. The summed E-state index contributed by atoms with van der Waals surface area (Å²) in [6.07, 6.45) is 5.38. The molecular weight excluding hydrogens is 338 g/mol. The third-order valence-corrected chi connectivity index (χ3v) is 6.57. The number of carbonyl (C=O) groups is 2. The molecule has 2 atom stereocenters.